The third-order valence-electron chi connectivity index (χ3n) is 5.13. The summed E-state index contributed by atoms with van der Waals surface area (Å²) in [7, 11) is 1.62. The third-order valence-corrected chi connectivity index (χ3v) is 5.42. The molecule has 1 unspecified atom stereocenters. The van der Waals surface area contributed by atoms with E-state index in [0.717, 1.165) is 30.0 Å². The first-order chi connectivity index (χ1) is 13.0. The number of methoxy groups -OCH3 is 1. The van der Waals surface area contributed by atoms with Gasteiger partial charge in [0.25, 0.3) is 0 Å². The minimum atomic E-state index is -0.402. The van der Waals surface area contributed by atoms with E-state index in [-0.39, 0.29) is 17.0 Å². The van der Waals surface area contributed by atoms with Gasteiger partial charge >= 0.3 is 0 Å². The van der Waals surface area contributed by atoms with E-state index in [0.29, 0.717) is 19.5 Å². The van der Waals surface area contributed by atoms with Crippen LogP contribution in [0.2, 0.25) is 5.02 Å². The minimum absolute atomic E-state index is 0.124. The van der Waals surface area contributed by atoms with Gasteiger partial charge in [-0.1, -0.05) is 29.8 Å². The summed E-state index contributed by atoms with van der Waals surface area (Å²) in [5.74, 6) is 0.484. The smallest absolute Gasteiger partial charge is 0.227 e. The molecule has 0 N–H and O–H groups in total. The number of rotatable bonds is 5. The van der Waals surface area contributed by atoms with Gasteiger partial charge in [0.05, 0.1) is 18.6 Å². The molecule has 144 valence electrons. The molecular weight excluding hydrogens is 367 g/mol. The molecule has 1 saturated heterocycles. The first-order valence-corrected chi connectivity index (χ1v) is 9.45. The lowest BCUT2D eigenvalue weighted by Crippen LogP contribution is -2.49. The highest BCUT2D eigenvalue weighted by atomic mass is 35.5. The van der Waals surface area contributed by atoms with Crippen molar-refractivity contribution in [3.63, 3.8) is 0 Å². The molecule has 1 aliphatic heterocycles. The molecule has 1 amide bonds. The molecule has 0 aromatic heterocycles. The molecule has 6 heteroatoms. The average Bonchev–Trinajstić information content (AvgIpc) is 2.69. The first kappa shape index (κ1) is 19.6. The van der Waals surface area contributed by atoms with Crippen LogP contribution in [0.4, 0.5) is 4.39 Å². The Morgan fingerprint density at radius 2 is 1.93 bits per heavy atom. The van der Waals surface area contributed by atoms with Crippen molar-refractivity contribution in [2.75, 3.05) is 33.3 Å². The Morgan fingerprint density at radius 3 is 2.59 bits per heavy atom. The Labute approximate surface area is 164 Å². The Bertz CT molecular complexity index is 807. The monoisotopic (exact) mass is 390 g/mol. The van der Waals surface area contributed by atoms with Gasteiger partial charge in [-0.05, 0) is 42.3 Å². The summed E-state index contributed by atoms with van der Waals surface area (Å²) in [6, 6.07) is 12.6. The lowest BCUT2D eigenvalue weighted by Gasteiger charge is -2.38. The van der Waals surface area contributed by atoms with Crippen molar-refractivity contribution in [1.29, 1.82) is 0 Å². The molecule has 27 heavy (non-hydrogen) atoms. The van der Waals surface area contributed by atoms with Crippen LogP contribution in [0.5, 0.6) is 5.75 Å². The van der Waals surface area contributed by atoms with Gasteiger partial charge in [0.2, 0.25) is 5.91 Å². The number of nitrogens with zero attached hydrogens (tertiary/aromatic N) is 2. The zero-order valence-electron chi connectivity index (χ0n) is 15.6. The van der Waals surface area contributed by atoms with Crippen molar-refractivity contribution in [2.45, 2.75) is 19.4 Å². The van der Waals surface area contributed by atoms with E-state index in [4.69, 9.17) is 16.3 Å². The third kappa shape index (κ3) is 4.79. The topological polar surface area (TPSA) is 32.8 Å². The predicted octanol–water partition coefficient (Wildman–Crippen LogP) is 3.94. The summed E-state index contributed by atoms with van der Waals surface area (Å²) < 4.78 is 18.6. The van der Waals surface area contributed by atoms with E-state index in [9.17, 15) is 9.18 Å². The molecule has 0 spiro atoms. The van der Waals surface area contributed by atoms with Crippen molar-refractivity contribution in [2.24, 2.45) is 0 Å². The first-order valence-electron chi connectivity index (χ1n) is 9.07. The van der Waals surface area contributed by atoms with E-state index >= 15 is 0 Å². The molecule has 4 nitrogen and oxygen atoms in total. The number of benzene rings is 2. The Balaban J connectivity index is 1.56. The Morgan fingerprint density at radius 1 is 1.19 bits per heavy atom. The van der Waals surface area contributed by atoms with Gasteiger partial charge in [0.1, 0.15) is 11.6 Å². The molecular formula is C21H24ClFN2O2. The standard InChI is InChI=1S/C21H24ClFN2O2/c1-15(17-6-7-20(23)19(22)14-17)24-8-10-25(11-9-24)21(26)13-16-4-3-5-18(12-16)27-2/h3-7,12,14-15H,8-11,13H2,1-2H3. The van der Waals surface area contributed by atoms with Gasteiger partial charge in [-0.15, -0.1) is 0 Å². The molecule has 3 rings (SSSR count). The fraction of sp³-hybridized carbons (Fsp3) is 0.381. The number of hydrogen-bond acceptors (Lipinski definition) is 3. The second kappa shape index (κ2) is 8.72. The van der Waals surface area contributed by atoms with Gasteiger partial charge in [-0.2, -0.15) is 0 Å². The van der Waals surface area contributed by atoms with E-state index in [1.165, 1.54) is 6.07 Å². The summed E-state index contributed by atoms with van der Waals surface area (Å²) in [4.78, 5) is 16.8. The summed E-state index contributed by atoms with van der Waals surface area (Å²) in [5.41, 5.74) is 1.94. The zero-order chi connectivity index (χ0) is 19.4. The van der Waals surface area contributed by atoms with Crippen molar-refractivity contribution in [3.05, 3.63) is 64.4 Å². The fourth-order valence-electron chi connectivity index (χ4n) is 3.41. The molecule has 2 aromatic rings. The maximum absolute atomic E-state index is 13.4. The van der Waals surface area contributed by atoms with Gasteiger partial charge in [0, 0.05) is 32.2 Å². The zero-order valence-corrected chi connectivity index (χ0v) is 16.4. The van der Waals surface area contributed by atoms with Crippen LogP contribution < -0.4 is 4.74 Å². The molecule has 0 bridgehead atoms. The molecule has 2 aromatic carbocycles. The lowest BCUT2D eigenvalue weighted by molar-refractivity contribution is -0.132. The van der Waals surface area contributed by atoms with E-state index in [1.54, 1.807) is 19.2 Å². The van der Waals surface area contributed by atoms with Gasteiger partial charge in [-0.25, -0.2) is 4.39 Å². The fourth-order valence-corrected chi connectivity index (χ4v) is 3.60. The number of amides is 1. The summed E-state index contributed by atoms with van der Waals surface area (Å²) in [5, 5.41) is 0.145. The maximum atomic E-state index is 13.4. The summed E-state index contributed by atoms with van der Waals surface area (Å²) >= 11 is 5.90. The van der Waals surface area contributed by atoms with Crippen LogP contribution in [-0.4, -0.2) is 49.0 Å². The molecule has 1 heterocycles. The van der Waals surface area contributed by atoms with Crippen LogP contribution in [-0.2, 0) is 11.2 Å². The second-order valence-corrected chi connectivity index (χ2v) is 7.20. The second-order valence-electron chi connectivity index (χ2n) is 6.79. The van der Waals surface area contributed by atoms with E-state index in [2.05, 4.69) is 11.8 Å². The lowest BCUT2D eigenvalue weighted by atomic mass is 10.1. The molecule has 1 atom stereocenters. The number of hydrogen-bond donors (Lipinski definition) is 0. The van der Waals surface area contributed by atoms with Crippen molar-refractivity contribution >= 4 is 17.5 Å². The van der Waals surface area contributed by atoms with Crippen LogP contribution in [0.3, 0.4) is 0 Å². The highest BCUT2D eigenvalue weighted by Gasteiger charge is 2.25. The largest absolute Gasteiger partial charge is 0.497 e. The molecule has 0 aliphatic carbocycles. The van der Waals surface area contributed by atoms with Gasteiger partial charge < -0.3 is 9.64 Å². The van der Waals surface area contributed by atoms with E-state index < -0.39 is 5.82 Å². The normalized spacial score (nSPS) is 16.2. The van der Waals surface area contributed by atoms with E-state index in [1.807, 2.05) is 29.2 Å². The van der Waals surface area contributed by atoms with Crippen molar-refractivity contribution in [1.82, 2.24) is 9.80 Å². The number of halogens is 2. The Kier molecular flexibility index (Phi) is 6.34. The molecule has 0 radical (unpaired) electrons. The molecule has 1 fully saturated rings. The van der Waals surface area contributed by atoms with Gasteiger partial charge in [-0.3, -0.25) is 9.69 Å². The number of ether oxygens (including phenoxy) is 1. The van der Waals surface area contributed by atoms with Gasteiger partial charge in [0.15, 0.2) is 0 Å². The SMILES string of the molecule is COc1cccc(CC(=O)N2CCN(C(C)c3ccc(F)c(Cl)c3)CC2)c1. The molecule has 0 saturated carbocycles. The predicted molar refractivity (Wildman–Crippen MR) is 105 cm³/mol. The van der Waals surface area contributed by atoms with Crippen molar-refractivity contribution < 1.29 is 13.9 Å². The number of carbonyl (C=O) groups is 1. The highest BCUT2D eigenvalue weighted by Crippen LogP contribution is 2.26. The quantitative estimate of drug-likeness (QED) is 0.775. The van der Waals surface area contributed by atoms with Crippen LogP contribution in [0.15, 0.2) is 42.5 Å². The van der Waals surface area contributed by atoms with Crippen LogP contribution in [0, 0.1) is 5.82 Å². The highest BCUT2D eigenvalue weighted by molar-refractivity contribution is 6.30. The van der Waals surface area contributed by atoms with Crippen LogP contribution >= 0.6 is 11.6 Å². The van der Waals surface area contributed by atoms with Crippen LogP contribution in [0.1, 0.15) is 24.1 Å². The summed E-state index contributed by atoms with van der Waals surface area (Å²) in [6.45, 7) is 5.00. The maximum Gasteiger partial charge on any atom is 0.227 e. The summed E-state index contributed by atoms with van der Waals surface area (Å²) in [6.07, 6.45) is 0.375. The van der Waals surface area contributed by atoms with Crippen molar-refractivity contribution in [3.8, 4) is 5.75 Å². The average molecular weight is 391 g/mol. The number of piperazine rings is 1. The minimum Gasteiger partial charge on any atom is -0.497 e. The number of carbonyl (C=O) groups excluding carboxylic acids is 1. The molecule has 1 aliphatic rings. The van der Waals surface area contributed by atoms with Crippen LogP contribution in [0.25, 0.3) is 0 Å². The Hall–Kier alpha value is -2.11.